The van der Waals surface area contributed by atoms with Crippen molar-refractivity contribution in [1.29, 1.82) is 0 Å². The Kier molecular flexibility index (Phi) is 5.45. The zero-order chi connectivity index (χ0) is 15.3. The zero-order valence-electron chi connectivity index (χ0n) is 11.3. The number of aliphatic hydroxyl groups excluding tert-OH is 1. The molecule has 0 aliphatic carbocycles. The Morgan fingerprint density at radius 3 is 2.50 bits per heavy atom. The third kappa shape index (κ3) is 3.24. The van der Waals surface area contributed by atoms with Crippen LogP contribution in [0.25, 0.3) is 0 Å². The molecule has 0 fully saturated rings. The van der Waals surface area contributed by atoms with Gasteiger partial charge in [-0.25, -0.2) is 14.0 Å². The normalized spacial score (nSPS) is 11.7. The van der Waals surface area contributed by atoms with Crippen LogP contribution in [0, 0.1) is 5.82 Å². The topological polar surface area (TPSA) is 82.1 Å². The van der Waals surface area contributed by atoms with Gasteiger partial charge in [0.1, 0.15) is 5.56 Å². The smallest absolute Gasteiger partial charge is 0.341 e. The molecule has 1 atom stereocenters. The first-order valence-electron chi connectivity index (χ1n) is 5.76. The van der Waals surface area contributed by atoms with Gasteiger partial charge < -0.3 is 19.3 Å². The molecule has 0 spiro atoms. The lowest BCUT2D eigenvalue weighted by Crippen LogP contribution is -2.17. The van der Waals surface area contributed by atoms with Gasteiger partial charge in [-0.05, 0) is 24.6 Å². The van der Waals surface area contributed by atoms with Crippen molar-refractivity contribution in [1.82, 2.24) is 0 Å². The number of hydrogen-bond acceptors (Lipinski definition) is 6. The van der Waals surface area contributed by atoms with E-state index in [0.29, 0.717) is 0 Å². The fourth-order valence-electron chi connectivity index (χ4n) is 1.60. The third-order valence-electron chi connectivity index (χ3n) is 2.50. The second-order valence-corrected chi connectivity index (χ2v) is 3.73. The number of ether oxygens (including phenoxy) is 3. The first kappa shape index (κ1) is 15.9. The largest absolute Gasteiger partial charge is 0.493 e. The van der Waals surface area contributed by atoms with E-state index < -0.39 is 23.9 Å². The molecule has 0 saturated heterocycles. The molecule has 7 heteroatoms. The van der Waals surface area contributed by atoms with Gasteiger partial charge in [-0.1, -0.05) is 0 Å². The lowest BCUT2D eigenvalue weighted by Gasteiger charge is -2.14. The SMILES string of the molecule is CCOC(=O)C(O)c1cc(F)c(OC)c(C(=O)OC)c1. The summed E-state index contributed by atoms with van der Waals surface area (Å²) in [5, 5.41) is 9.75. The highest BCUT2D eigenvalue weighted by molar-refractivity contribution is 5.93. The van der Waals surface area contributed by atoms with Gasteiger partial charge in [0.15, 0.2) is 17.7 Å². The summed E-state index contributed by atoms with van der Waals surface area (Å²) in [6, 6.07) is 2.02. The highest BCUT2D eigenvalue weighted by atomic mass is 19.1. The van der Waals surface area contributed by atoms with Crippen molar-refractivity contribution in [3.05, 3.63) is 29.1 Å². The maximum Gasteiger partial charge on any atom is 0.341 e. The summed E-state index contributed by atoms with van der Waals surface area (Å²) in [5.41, 5.74) is -0.351. The molecule has 6 nitrogen and oxygen atoms in total. The van der Waals surface area contributed by atoms with Crippen molar-refractivity contribution >= 4 is 11.9 Å². The van der Waals surface area contributed by atoms with Crippen LogP contribution in [-0.4, -0.2) is 37.9 Å². The van der Waals surface area contributed by atoms with Crippen LogP contribution in [-0.2, 0) is 14.3 Å². The van der Waals surface area contributed by atoms with E-state index in [0.717, 1.165) is 19.2 Å². The van der Waals surface area contributed by atoms with Gasteiger partial charge in [0.2, 0.25) is 0 Å². The molecule has 0 saturated carbocycles. The number of halogens is 1. The average molecular weight is 286 g/mol. The van der Waals surface area contributed by atoms with E-state index in [-0.39, 0.29) is 23.5 Å². The number of methoxy groups -OCH3 is 2. The van der Waals surface area contributed by atoms with Crippen molar-refractivity contribution in [2.45, 2.75) is 13.0 Å². The van der Waals surface area contributed by atoms with Crippen LogP contribution in [0.4, 0.5) is 4.39 Å². The summed E-state index contributed by atoms with van der Waals surface area (Å²) in [4.78, 5) is 23.0. The van der Waals surface area contributed by atoms with Gasteiger partial charge in [-0.2, -0.15) is 0 Å². The van der Waals surface area contributed by atoms with Crippen LogP contribution < -0.4 is 4.74 Å². The molecule has 0 aromatic heterocycles. The highest BCUT2D eigenvalue weighted by Crippen LogP contribution is 2.28. The second kappa shape index (κ2) is 6.85. The van der Waals surface area contributed by atoms with Crippen LogP contribution in [0.15, 0.2) is 12.1 Å². The number of carbonyl (C=O) groups excluding carboxylic acids is 2. The van der Waals surface area contributed by atoms with Crippen molar-refractivity contribution in [3.63, 3.8) is 0 Å². The third-order valence-corrected chi connectivity index (χ3v) is 2.50. The maximum absolute atomic E-state index is 13.8. The first-order valence-corrected chi connectivity index (χ1v) is 5.76. The van der Waals surface area contributed by atoms with Gasteiger partial charge in [-0.15, -0.1) is 0 Å². The molecule has 1 unspecified atom stereocenters. The van der Waals surface area contributed by atoms with Crippen molar-refractivity contribution in [2.75, 3.05) is 20.8 Å². The van der Waals surface area contributed by atoms with Crippen LogP contribution >= 0.6 is 0 Å². The summed E-state index contributed by atoms with van der Waals surface area (Å²) < 4.78 is 27.7. The molecule has 1 aromatic carbocycles. The zero-order valence-corrected chi connectivity index (χ0v) is 11.3. The molecule has 1 N–H and O–H groups in total. The Balaban J connectivity index is 3.26. The second-order valence-electron chi connectivity index (χ2n) is 3.73. The molecule has 110 valence electrons. The Bertz CT molecular complexity index is 514. The summed E-state index contributed by atoms with van der Waals surface area (Å²) in [6.07, 6.45) is -1.70. The Morgan fingerprint density at radius 1 is 1.35 bits per heavy atom. The van der Waals surface area contributed by atoms with Crippen LogP contribution in [0.2, 0.25) is 0 Å². The van der Waals surface area contributed by atoms with E-state index in [1.165, 1.54) is 7.11 Å². The summed E-state index contributed by atoms with van der Waals surface area (Å²) in [5.74, 6) is -3.00. The molecular formula is C13H15FO6. The number of benzene rings is 1. The maximum atomic E-state index is 13.8. The van der Waals surface area contributed by atoms with Crippen molar-refractivity contribution in [2.24, 2.45) is 0 Å². The minimum Gasteiger partial charge on any atom is -0.493 e. The Morgan fingerprint density at radius 2 is 2.00 bits per heavy atom. The van der Waals surface area contributed by atoms with E-state index in [2.05, 4.69) is 9.47 Å². The summed E-state index contributed by atoms with van der Waals surface area (Å²) >= 11 is 0. The van der Waals surface area contributed by atoms with Gasteiger partial charge in [0, 0.05) is 0 Å². The van der Waals surface area contributed by atoms with Gasteiger partial charge in [0.25, 0.3) is 0 Å². The van der Waals surface area contributed by atoms with Crippen LogP contribution in [0.3, 0.4) is 0 Å². The van der Waals surface area contributed by atoms with Gasteiger partial charge in [-0.3, -0.25) is 0 Å². The fraction of sp³-hybridized carbons (Fsp3) is 0.385. The van der Waals surface area contributed by atoms with Crippen LogP contribution in [0.1, 0.15) is 28.9 Å². The number of rotatable bonds is 5. The molecule has 1 aromatic rings. The monoisotopic (exact) mass is 286 g/mol. The Hall–Kier alpha value is -2.15. The van der Waals surface area contributed by atoms with E-state index in [9.17, 15) is 19.1 Å². The number of esters is 2. The molecule has 0 bridgehead atoms. The minimum absolute atomic E-state index is 0.0678. The van der Waals surface area contributed by atoms with E-state index in [4.69, 9.17) is 4.74 Å². The quantitative estimate of drug-likeness (QED) is 0.819. The number of aliphatic hydroxyl groups is 1. The summed E-state index contributed by atoms with van der Waals surface area (Å²) in [7, 11) is 2.31. The molecule has 0 amide bonds. The predicted molar refractivity (Wildman–Crippen MR) is 65.9 cm³/mol. The van der Waals surface area contributed by atoms with E-state index in [1.807, 2.05) is 0 Å². The predicted octanol–water partition coefficient (Wildman–Crippen LogP) is 1.22. The molecule has 0 aliphatic heterocycles. The van der Waals surface area contributed by atoms with E-state index in [1.54, 1.807) is 6.92 Å². The Labute approximate surface area is 115 Å². The average Bonchev–Trinajstić information content (AvgIpc) is 2.44. The molecule has 0 aliphatic rings. The molecule has 0 radical (unpaired) electrons. The van der Waals surface area contributed by atoms with Gasteiger partial charge >= 0.3 is 11.9 Å². The number of hydrogen-bond donors (Lipinski definition) is 1. The summed E-state index contributed by atoms with van der Waals surface area (Å²) in [6.45, 7) is 1.64. The van der Waals surface area contributed by atoms with Gasteiger partial charge in [0.05, 0.1) is 20.8 Å². The lowest BCUT2D eigenvalue weighted by atomic mass is 10.0. The lowest BCUT2D eigenvalue weighted by molar-refractivity contribution is -0.153. The fourth-order valence-corrected chi connectivity index (χ4v) is 1.60. The molecule has 1 rings (SSSR count). The van der Waals surface area contributed by atoms with Crippen molar-refractivity contribution < 1.29 is 33.3 Å². The van der Waals surface area contributed by atoms with Crippen molar-refractivity contribution in [3.8, 4) is 5.75 Å². The van der Waals surface area contributed by atoms with Crippen LogP contribution in [0.5, 0.6) is 5.75 Å². The molecule has 20 heavy (non-hydrogen) atoms. The molecular weight excluding hydrogens is 271 g/mol. The minimum atomic E-state index is -1.70. The standard InChI is InChI=1S/C13H15FO6/c1-4-20-13(17)10(15)7-5-8(12(16)19-3)11(18-2)9(14)6-7/h5-6,10,15H,4H2,1-3H3. The first-order chi connectivity index (χ1) is 9.46. The highest BCUT2D eigenvalue weighted by Gasteiger charge is 2.25. The van der Waals surface area contributed by atoms with E-state index >= 15 is 0 Å². The number of carbonyl (C=O) groups is 2. The molecule has 0 heterocycles.